The third kappa shape index (κ3) is 5.16. The van der Waals surface area contributed by atoms with Gasteiger partial charge < -0.3 is 14.6 Å². The Labute approximate surface area is 236 Å². The van der Waals surface area contributed by atoms with Crippen molar-refractivity contribution in [3.05, 3.63) is 59.7 Å². The Balaban J connectivity index is 1.09. The Morgan fingerprint density at radius 2 is 1.90 bits per heavy atom. The molecule has 0 bridgehead atoms. The molecule has 0 saturated carbocycles. The fourth-order valence-corrected chi connectivity index (χ4v) is 6.64. The summed E-state index contributed by atoms with van der Waals surface area (Å²) in [4.78, 5) is 31.3. The van der Waals surface area contributed by atoms with E-state index in [0.29, 0.717) is 45.6 Å². The summed E-state index contributed by atoms with van der Waals surface area (Å²) < 4.78 is 19.8. The third-order valence-electron chi connectivity index (χ3n) is 8.04. The van der Waals surface area contributed by atoms with Crippen molar-refractivity contribution in [2.45, 2.75) is 43.9 Å². The van der Waals surface area contributed by atoms with Crippen molar-refractivity contribution in [3.63, 3.8) is 0 Å². The van der Waals surface area contributed by atoms with Crippen LogP contribution in [0.4, 0.5) is 9.39 Å². The third-order valence-corrected chi connectivity index (χ3v) is 9.08. The number of imidazole rings is 1. The molecular formula is C29H34FN7O2S+2. The lowest BCUT2D eigenvalue weighted by Crippen LogP contribution is -2.53. The standard InChI is InChI=1S/C29H33FN7O2S/c1-34(20-38)25-17-21(19-40-25)18-35-15-9-29(30,10-16-35)28(39)36-13-7-22(8-14-36)37-26-24(6-4-12-32-26)33-27(37)23-5-2-3-11-31-23/h2-6,11-12,17,19,22,38H,1,7-10,13-16,18,20H2/q+1/p+1. The van der Waals surface area contributed by atoms with Crippen LogP contribution in [0.5, 0.6) is 0 Å². The Hall–Kier alpha value is -3.54. The summed E-state index contributed by atoms with van der Waals surface area (Å²) in [5.74, 6) is 0.402. The molecule has 2 N–H and O–H groups in total. The summed E-state index contributed by atoms with van der Waals surface area (Å²) >= 11 is 1.56. The van der Waals surface area contributed by atoms with Gasteiger partial charge in [0.2, 0.25) is 0 Å². The number of amides is 1. The van der Waals surface area contributed by atoms with Crippen molar-refractivity contribution in [1.29, 1.82) is 0 Å². The summed E-state index contributed by atoms with van der Waals surface area (Å²) in [5, 5.41) is 10.5. The molecule has 11 heteroatoms. The van der Waals surface area contributed by atoms with E-state index in [0.717, 1.165) is 33.2 Å². The molecule has 9 nitrogen and oxygen atoms in total. The zero-order valence-corrected chi connectivity index (χ0v) is 23.2. The molecule has 2 aliphatic heterocycles. The topological polar surface area (TPSA) is 93.1 Å². The fraction of sp³-hybridized carbons (Fsp3) is 0.414. The van der Waals surface area contributed by atoms with Gasteiger partial charge in [0.1, 0.15) is 17.9 Å². The molecule has 208 valence electrons. The quantitative estimate of drug-likeness (QED) is 0.148. The van der Waals surface area contributed by atoms with Gasteiger partial charge in [-0.25, -0.2) is 14.4 Å². The maximum absolute atomic E-state index is 16.0. The highest BCUT2D eigenvalue weighted by atomic mass is 32.1. The van der Waals surface area contributed by atoms with Gasteiger partial charge in [-0.05, 0) is 42.7 Å². The van der Waals surface area contributed by atoms with Crippen LogP contribution >= 0.6 is 11.3 Å². The van der Waals surface area contributed by atoms with E-state index in [2.05, 4.69) is 31.5 Å². The number of nitrogens with zero attached hydrogens (tertiary/aromatic N) is 7. The zero-order chi connectivity index (χ0) is 27.7. The summed E-state index contributed by atoms with van der Waals surface area (Å²) in [6.45, 7) is 6.76. The predicted molar refractivity (Wildman–Crippen MR) is 154 cm³/mol. The minimum absolute atomic E-state index is 0.0955. The molecule has 0 unspecified atom stereocenters. The first kappa shape index (κ1) is 26.7. The van der Waals surface area contributed by atoms with E-state index >= 15 is 4.39 Å². The highest BCUT2D eigenvalue weighted by Gasteiger charge is 2.45. The lowest BCUT2D eigenvalue weighted by Gasteiger charge is -2.40. The molecule has 0 atom stereocenters. The van der Waals surface area contributed by atoms with Crippen LogP contribution in [0, 0.1) is 0 Å². The molecule has 40 heavy (non-hydrogen) atoms. The number of carbonyl (C=O) groups excluding carboxylic acids is 1. The second-order valence-corrected chi connectivity index (χ2v) is 11.5. The van der Waals surface area contributed by atoms with Crippen LogP contribution in [0.2, 0.25) is 0 Å². The second kappa shape index (κ2) is 11.1. The molecule has 2 fully saturated rings. The number of carbonyl (C=O) groups is 1. The van der Waals surface area contributed by atoms with Crippen LogP contribution in [0.3, 0.4) is 0 Å². The SMILES string of the molecule is C=[N+](C[OH2+])c1cc(CN2CCC(F)(C(=O)N3CCC(n4c(-c5ccccn5)nc5cccnc54)CC3)CC2)cs1. The van der Waals surface area contributed by atoms with Gasteiger partial charge >= 0.3 is 6.73 Å². The van der Waals surface area contributed by atoms with Gasteiger partial charge in [0.15, 0.2) is 17.1 Å². The van der Waals surface area contributed by atoms with Gasteiger partial charge in [-0.2, -0.15) is 0 Å². The van der Waals surface area contributed by atoms with Crippen LogP contribution in [-0.2, 0) is 11.3 Å². The number of hydrogen-bond donors (Lipinski definition) is 0. The molecule has 1 amide bonds. The van der Waals surface area contributed by atoms with E-state index in [1.165, 1.54) is 0 Å². The Kier molecular flexibility index (Phi) is 7.43. The number of thiophene rings is 1. The van der Waals surface area contributed by atoms with Crippen LogP contribution in [-0.4, -0.2) is 90.2 Å². The van der Waals surface area contributed by atoms with Crippen LogP contribution in [0.25, 0.3) is 22.7 Å². The number of rotatable bonds is 7. The minimum atomic E-state index is -1.82. The fourth-order valence-electron chi connectivity index (χ4n) is 5.79. The lowest BCUT2D eigenvalue weighted by atomic mass is 9.90. The van der Waals surface area contributed by atoms with Crippen molar-refractivity contribution in [2.75, 3.05) is 32.9 Å². The zero-order valence-electron chi connectivity index (χ0n) is 22.4. The minimum Gasteiger partial charge on any atom is -0.393 e. The first-order chi connectivity index (χ1) is 19.4. The summed E-state index contributed by atoms with van der Waals surface area (Å²) in [6.07, 6.45) is 5.35. The number of likely N-dealkylation sites (tertiary alicyclic amines) is 2. The summed E-state index contributed by atoms with van der Waals surface area (Å²) in [5.41, 5.74) is 1.72. The molecule has 2 aliphatic rings. The maximum atomic E-state index is 16.0. The van der Waals surface area contributed by atoms with Crippen molar-refractivity contribution in [1.82, 2.24) is 29.3 Å². The Morgan fingerprint density at radius 1 is 1.12 bits per heavy atom. The summed E-state index contributed by atoms with van der Waals surface area (Å²) in [7, 11) is 0. The van der Waals surface area contributed by atoms with E-state index in [9.17, 15) is 4.79 Å². The van der Waals surface area contributed by atoms with E-state index in [-0.39, 0.29) is 31.5 Å². The van der Waals surface area contributed by atoms with Crippen LogP contribution in [0.1, 0.15) is 37.3 Å². The van der Waals surface area contributed by atoms with E-state index in [4.69, 9.17) is 10.1 Å². The van der Waals surface area contributed by atoms with Crippen LogP contribution < -0.4 is 0 Å². The smallest absolute Gasteiger partial charge is 0.345 e. The predicted octanol–water partition coefficient (Wildman–Crippen LogP) is 3.75. The average Bonchev–Trinajstić information content (AvgIpc) is 3.63. The average molecular weight is 564 g/mol. The molecular weight excluding hydrogens is 529 g/mol. The lowest BCUT2D eigenvalue weighted by molar-refractivity contribution is -0.472. The van der Waals surface area contributed by atoms with Gasteiger partial charge in [0.05, 0.1) is 0 Å². The Morgan fingerprint density at radius 3 is 2.62 bits per heavy atom. The van der Waals surface area contributed by atoms with Crippen molar-refractivity contribution < 1.29 is 18.9 Å². The van der Waals surface area contributed by atoms with Crippen LogP contribution in [0.15, 0.2) is 54.2 Å². The molecule has 0 radical (unpaired) electrons. The number of pyridine rings is 2. The number of hydrogen-bond acceptors (Lipinski definition) is 6. The first-order valence-electron chi connectivity index (χ1n) is 13.7. The second-order valence-electron chi connectivity index (χ2n) is 10.6. The molecule has 6 rings (SSSR count). The van der Waals surface area contributed by atoms with Gasteiger partial charge in [0, 0.05) is 75.4 Å². The Bertz CT molecular complexity index is 1510. The number of aromatic nitrogens is 4. The number of alkyl halides is 1. The normalized spacial score (nSPS) is 18.3. The van der Waals surface area contributed by atoms with Crippen molar-refractivity contribution in [2.24, 2.45) is 0 Å². The highest BCUT2D eigenvalue weighted by molar-refractivity contribution is 7.13. The van der Waals surface area contributed by atoms with E-state index in [1.54, 1.807) is 33.2 Å². The molecule has 0 aromatic carbocycles. The van der Waals surface area contributed by atoms with Gasteiger partial charge in [-0.1, -0.05) is 17.4 Å². The molecule has 0 aliphatic carbocycles. The molecule has 4 aromatic rings. The molecule has 0 spiro atoms. The van der Waals surface area contributed by atoms with Crippen molar-refractivity contribution in [3.8, 4) is 11.5 Å². The number of fused-ring (bicyclic) bond motifs is 1. The number of piperidine rings is 2. The van der Waals surface area contributed by atoms with Crippen molar-refractivity contribution >= 4 is 40.1 Å². The van der Waals surface area contributed by atoms with Gasteiger partial charge in [-0.15, -0.1) is 4.58 Å². The highest BCUT2D eigenvalue weighted by Crippen LogP contribution is 2.35. The maximum Gasteiger partial charge on any atom is 0.345 e. The largest absolute Gasteiger partial charge is 0.393 e. The van der Waals surface area contributed by atoms with E-state index in [1.807, 2.05) is 36.4 Å². The van der Waals surface area contributed by atoms with Gasteiger partial charge in [0.25, 0.3) is 10.9 Å². The van der Waals surface area contributed by atoms with Gasteiger partial charge in [-0.3, -0.25) is 14.7 Å². The first-order valence-corrected chi connectivity index (χ1v) is 14.6. The molecule has 4 aromatic heterocycles. The monoisotopic (exact) mass is 563 g/mol. The molecule has 6 heterocycles. The number of halogens is 1. The molecule has 2 saturated heterocycles. The summed E-state index contributed by atoms with van der Waals surface area (Å²) in [6, 6.07) is 11.7. The van der Waals surface area contributed by atoms with E-state index < -0.39 is 5.67 Å².